The molecular formula is C22H32N4O3. The largest absolute Gasteiger partial charge is 0.348 e. The minimum atomic E-state index is -0.382. The highest BCUT2D eigenvalue weighted by atomic mass is 16.5. The minimum absolute atomic E-state index is 0.0620. The van der Waals surface area contributed by atoms with Crippen molar-refractivity contribution in [1.82, 2.24) is 20.0 Å². The average Bonchev–Trinajstić information content (AvgIpc) is 3.11. The first-order chi connectivity index (χ1) is 13.5. The van der Waals surface area contributed by atoms with Gasteiger partial charge in [-0.05, 0) is 44.1 Å². The van der Waals surface area contributed by atoms with Crippen molar-refractivity contribution in [3.8, 4) is 0 Å². The molecule has 0 aromatic carbocycles. The lowest BCUT2D eigenvalue weighted by Gasteiger charge is -2.30. The number of nitrogens with zero attached hydrogens (tertiary/aromatic N) is 3. The lowest BCUT2D eigenvalue weighted by molar-refractivity contribution is -0.121. The Morgan fingerprint density at radius 1 is 1.24 bits per heavy atom. The summed E-state index contributed by atoms with van der Waals surface area (Å²) in [5.41, 5.74) is 3.66. The molecule has 1 atom stereocenters. The fraction of sp³-hybridized carbons (Fsp3) is 0.636. The minimum Gasteiger partial charge on any atom is -0.348 e. The van der Waals surface area contributed by atoms with Crippen LogP contribution in [0.4, 0.5) is 0 Å². The maximum Gasteiger partial charge on any atom is 0.248 e. The number of aromatic nitrogens is 3. The molecule has 0 saturated heterocycles. The average molecular weight is 401 g/mol. The summed E-state index contributed by atoms with van der Waals surface area (Å²) < 4.78 is 7.40. The number of carbonyl (C=O) groups is 2. The molecule has 0 spiro atoms. The van der Waals surface area contributed by atoms with E-state index in [1.807, 2.05) is 13.8 Å². The molecule has 29 heavy (non-hydrogen) atoms. The summed E-state index contributed by atoms with van der Waals surface area (Å²) in [6.07, 6.45) is 1.53. The van der Waals surface area contributed by atoms with Gasteiger partial charge >= 0.3 is 0 Å². The van der Waals surface area contributed by atoms with Crippen molar-refractivity contribution in [3.05, 3.63) is 34.2 Å². The predicted octanol–water partition coefficient (Wildman–Crippen LogP) is 3.72. The first kappa shape index (κ1) is 21.3. The molecule has 2 aromatic rings. The topological polar surface area (TPSA) is 90.0 Å². The molecule has 0 aliphatic heterocycles. The molecule has 0 radical (unpaired) electrons. The number of nitrogens with one attached hydrogen (secondary N) is 1. The van der Waals surface area contributed by atoms with Crippen LogP contribution in [0.3, 0.4) is 0 Å². The molecule has 1 aliphatic carbocycles. The van der Waals surface area contributed by atoms with E-state index in [1.54, 1.807) is 6.92 Å². The normalized spacial score (nSPS) is 16.8. The molecule has 3 rings (SSSR count). The van der Waals surface area contributed by atoms with E-state index in [0.717, 1.165) is 35.5 Å². The summed E-state index contributed by atoms with van der Waals surface area (Å²) in [6.45, 7) is 15.0. The van der Waals surface area contributed by atoms with Gasteiger partial charge in [0, 0.05) is 29.9 Å². The van der Waals surface area contributed by atoms with Crippen molar-refractivity contribution in [2.24, 2.45) is 11.3 Å². The zero-order valence-corrected chi connectivity index (χ0v) is 18.5. The van der Waals surface area contributed by atoms with E-state index in [9.17, 15) is 9.59 Å². The molecule has 0 saturated carbocycles. The maximum atomic E-state index is 13.0. The Morgan fingerprint density at radius 2 is 1.93 bits per heavy atom. The third kappa shape index (κ3) is 4.43. The van der Waals surface area contributed by atoms with E-state index in [0.29, 0.717) is 24.1 Å². The van der Waals surface area contributed by atoms with Crippen LogP contribution in [-0.2, 0) is 24.2 Å². The number of fused-ring (bicyclic) bond motifs is 1. The Balaban J connectivity index is 1.90. The molecule has 0 fully saturated rings. The molecule has 2 aromatic heterocycles. The summed E-state index contributed by atoms with van der Waals surface area (Å²) in [5.74, 6) is 1.35. The van der Waals surface area contributed by atoms with Crippen molar-refractivity contribution in [2.45, 2.75) is 80.3 Å². The van der Waals surface area contributed by atoms with Crippen LogP contribution in [0.2, 0.25) is 0 Å². The number of amides is 1. The highest BCUT2D eigenvalue weighted by Gasteiger charge is 2.37. The smallest absolute Gasteiger partial charge is 0.248 e. The molecule has 2 heterocycles. The molecular weight excluding hydrogens is 368 g/mol. The number of Topliss-reactive ketones (excluding diaryl/α,β-unsaturated/α-hetero) is 1. The van der Waals surface area contributed by atoms with E-state index in [2.05, 4.69) is 47.7 Å². The van der Waals surface area contributed by atoms with Crippen molar-refractivity contribution in [2.75, 3.05) is 0 Å². The number of rotatable bonds is 6. The number of aryl methyl sites for hydroxylation is 1. The molecule has 0 unspecified atom stereocenters. The number of ketones is 1. The first-order valence-electron chi connectivity index (χ1n) is 10.3. The Hall–Kier alpha value is -2.44. The molecule has 7 heteroatoms. The summed E-state index contributed by atoms with van der Waals surface area (Å²) in [7, 11) is 0. The van der Waals surface area contributed by atoms with E-state index in [-0.39, 0.29) is 29.6 Å². The monoisotopic (exact) mass is 400 g/mol. The standard InChI is InChI=1S/C22H32N4O3/c1-12(2)11-26-14(4)16(20-17(26)9-22(6,7)10-18(20)27)8-19(28)23-13(3)21-24-15(5)25-29-21/h12-13H,8-11H2,1-7H3,(H,23,28)/t13-/m0/s1. The lowest BCUT2D eigenvalue weighted by Crippen LogP contribution is -2.30. The lowest BCUT2D eigenvalue weighted by atomic mass is 9.75. The van der Waals surface area contributed by atoms with Crippen LogP contribution in [0, 0.1) is 25.2 Å². The van der Waals surface area contributed by atoms with E-state index in [1.165, 1.54) is 0 Å². The van der Waals surface area contributed by atoms with Gasteiger partial charge in [-0.2, -0.15) is 4.98 Å². The van der Waals surface area contributed by atoms with Crippen molar-refractivity contribution >= 4 is 11.7 Å². The van der Waals surface area contributed by atoms with Gasteiger partial charge in [-0.15, -0.1) is 0 Å². The highest BCUT2D eigenvalue weighted by Crippen LogP contribution is 2.39. The Morgan fingerprint density at radius 3 is 2.52 bits per heavy atom. The highest BCUT2D eigenvalue weighted by molar-refractivity contribution is 6.01. The van der Waals surface area contributed by atoms with Crippen LogP contribution in [0.1, 0.15) is 86.1 Å². The van der Waals surface area contributed by atoms with E-state index in [4.69, 9.17) is 4.52 Å². The van der Waals surface area contributed by atoms with E-state index >= 15 is 0 Å². The number of hydrogen-bond donors (Lipinski definition) is 1. The third-order valence-corrected chi connectivity index (χ3v) is 5.50. The zero-order valence-electron chi connectivity index (χ0n) is 18.5. The van der Waals surface area contributed by atoms with Gasteiger partial charge in [-0.1, -0.05) is 32.9 Å². The SMILES string of the molecule is Cc1noc([C@H](C)NC(=O)Cc2c3c(n(CC(C)C)c2C)CC(C)(C)CC3=O)n1. The van der Waals surface area contributed by atoms with Crippen LogP contribution in [0.25, 0.3) is 0 Å². The summed E-state index contributed by atoms with van der Waals surface area (Å²) in [4.78, 5) is 30.0. The van der Waals surface area contributed by atoms with Crippen LogP contribution in [0.5, 0.6) is 0 Å². The molecule has 7 nitrogen and oxygen atoms in total. The van der Waals surface area contributed by atoms with Crippen molar-refractivity contribution < 1.29 is 14.1 Å². The Bertz CT molecular complexity index is 936. The summed E-state index contributed by atoms with van der Waals surface area (Å²) >= 11 is 0. The molecule has 1 amide bonds. The third-order valence-electron chi connectivity index (χ3n) is 5.50. The van der Waals surface area contributed by atoms with Crippen LogP contribution < -0.4 is 5.32 Å². The van der Waals surface area contributed by atoms with Gasteiger partial charge in [0.25, 0.3) is 0 Å². The Labute approximate surface area is 172 Å². The van der Waals surface area contributed by atoms with Gasteiger partial charge in [-0.3, -0.25) is 9.59 Å². The van der Waals surface area contributed by atoms with Crippen LogP contribution >= 0.6 is 0 Å². The fourth-order valence-corrected chi connectivity index (χ4v) is 4.24. The van der Waals surface area contributed by atoms with Gasteiger partial charge in [0.15, 0.2) is 11.6 Å². The van der Waals surface area contributed by atoms with Crippen LogP contribution in [-0.4, -0.2) is 26.4 Å². The van der Waals surface area contributed by atoms with Gasteiger partial charge in [0.1, 0.15) is 6.04 Å². The van der Waals surface area contributed by atoms with Gasteiger partial charge in [0.2, 0.25) is 11.8 Å². The molecule has 1 aliphatic rings. The van der Waals surface area contributed by atoms with Crippen LogP contribution in [0.15, 0.2) is 4.52 Å². The zero-order chi connectivity index (χ0) is 21.5. The van der Waals surface area contributed by atoms with Gasteiger partial charge in [0.05, 0.1) is 6.42 Å². The van der Waals surface area contributed by atoms with Gasteiger partial charge in [-0.25, -0.2) is 0 Å². The van der Waals surface area contributed by atoms with Crippen molar-refractivity contribution in [3.63, 3.8) is 0 Å². The molecule has 1 N–H and O–H groups in total. The van der Waals surface area contributed by atoms with Gasteiger partial charge < -0.3 is 14.4 Å². The fourth-order valence-electron chi connectivity index (χ4n) is 4.24. The van der Waals surface area contributed by atoms with Crippen molar-refractivity contribution in [1.29, 1.82) is 0 Å². The first-order valence-corrected chi connectivity index (χ1v) is 10.3. The summed E-state index contributed by atoms with van der Waals surface area (Å²) in [6, 6.07) is -0.382. The molecule has 0 bridgehead atoms. The second kappa shape index (κ2) is 7.76. The second-order valence-corrected chi connectivity index (χ2v) is 9.48. The predicted molar refractivity (Wildman–Crippen MR) is 110 cm³/mol. The Kier molecular flexibility index (Phi) is 5.70. The maximum absolute atomic E-state index is 13.0. The quantitative estimate of drug-likeness (QED) is 0.798. The summed E-state index contributed by atoms with van der Waals surface area (Å²) in [5, 5.41) is 6.69. The second-order valence-electron chi connectivity index (χ2n) is 9.48. The molecule has 158 valence electrons. The number of hydrogen-bond acceptors (Lipinski definition) is 5. The number of carbonyl (C=O) groups excluding carboxylic acids is 2. The van der Waals surface area contributed by atoms with E-state index < -0.39 is 0 Å².